The molecule has 5 nitrogen and oxygen atoms in total. The van der Waals surface area contributed by atoms with Gasteiger partial charge in [-0.3, -0.25) is 9.59 Å². The molecule has 0 aromatic heterocycles. The second-order valence-corrected chi connectivity index (χ2v) is 6.81. The zero-order chi connectivity index (χ0) is 13.1. The van der Waals surface area contributed by atoms with Crippen LogP contribution >= 0.6 is 24.0 Å². The third-order valence-electron chi connectivity index (χ3n) is 2.33. The molecular formula is C10H17N3O2S2. The monoisotopic (exact) mass is 275 g/mol. The van der Waals surface area contributed by atoms with Gasteiger partial charge in [0.05, 0.1) is 11.5 Å². The summed E-state index contributed by atoms with van der Waals surface area (Å²) in [5.41, 5.74) is 5.25. The molecule has 1 saturated heterocycles. The maximum Gasteiger partial charge on any atom is 0.311 e. The van der Waals surface area contributed by atoms with Gasteiger partial charge in [-0.15, -0.1) is 0 Å². The lowest BCUT2D eigenvalue weighted by atomic mass is 10.2. The van der Waals surface area contributed by atoms with Crippen molar-refractivity contribution in [2.75, 3.05) is 25.4 Å². The molecule has 1 fully saturated rings. The number of hydrogen-bond acceptors (Lipinski definition) is 4. The van der Waals surface area contributed by atoms with Crippen LogP contribution in [0.4, 0.5) is 0 Å². The van der Waals surface area contributed by atoms with Crippen molar-refractivity contribution in [3.05, 3.63) is 0 Å². The predicted octanol–water partition coefficient (Wildman–Crippen LogP) is -0.257. The summed E-state index contributed by atoms with van der Waals surface area (Å²) in [5, 5.41) is 2.40. The van der Waals surface area contributed by atoms with E-state index in [1.165, 1.54) is 0 Å². The highest BCUT2D eigenvalue weighted by Crippen LogP contribution is 2.29. The smallest absolute Gasteiger partial charge is 0.311 e. The average molecular weight is 275 g/mol. The van der Waals surface area contributed by atoms with Gasteiger partial charge in [-0.2, -0.15) is 11.8 Å². The van der Waals surface area contributed by atoms with Crippen LogP contribution in [0.1, 0.15) is 13.8 Å². The fourth-order valence-corrected chi connectivity index (χ4v) is 2.76. The Morgan fingerprint density at radius 2 is 2.18 bits per heavy atom. The molecule has 0 atom stereocenters. The minimum atomic E-state index is -0.638. The molecule has 96 valence electrons. The van der Waals surface area contributed by atoms with Crippen molar-refractivity contribution in [3.63, 3.8) is 0 Å². The van der Waals surface area contributed by atoms with Crippen molar-refractivity contribution in [2.24, 2.45) is 5.73 Å². The third-order valence-corrected chi connectivity index (χ3v) is 3.77. The van der Waals surface area contributed by atoms with E-state index in [1.54, 1.807) is 16.7 Å². The largest absolute Gasteiger partial charge is 0.392 e. The second kappa shape index (κ2) is 5.68. The lowest BCUT2D eigenvalue weighted by Gasteiger charge is -2.37. The first-order valence-electron chi connectivity index (χ1n) is 5.31. The van der Waals surface area contributed by atoms with Crippen LogP contribution in [0, 0.1) is 0 Å². The molecule has 0 saturated carbocycles. The Balaban J connectivity index is 2.51. The van der Waals surface area contributed by atoms with Crippen LogP contribution in [-0.2, 0) is 9.59 Å². The number of carbonyl (C=O) groups is 2. The van der Waals surface area contributed by atoms with E-state index < -0.39 is 11.8 Å². The maximum absolute atomic E-state index is 11.8. The molecule has 0 aromatic carbocycles. The third kappa shape index (κ3) is 4.51. The number of thioether (sulfide) groups is 1. The van der Waals surface area contributed by atoms with Gasteiger partial charge in [0.2, 0.25) is 0 Å². The molecule has 2 amide bonds. The quantitative estimate of drug-likeness (QED) is 0.536. The van der Waals surface area contributed by atoms with E-state index in [9.17, 15) is 9.59 Å². The molecule has 7 heteroatoms. The Kier molecular flexibility index (Phi) is 4.76. The van der Waals surface area contributed by atoms with Crippen LogP contribution in [0.2, 0.25) is 0 Å². The van der Waals surface area contributed by atoms with Gasteiger partial charge in [0, 0.05) is 23.6 Å². The van der Waals surface area contributed by atoms with Gasteiger partial charge in [0.25, 0.3) is 0 Å². The van der Waals surface area contributed by atoms with E-state index in [-0.39, 0.29) is 16.3 Å². The summed E-state index contributed by atoms with van der Waals surface area (Å²) in [5.74, 6) is -0.295. The van der Waals surface area contributed by atoms with Crippen molar-refractivity contribution in [1.29, 1.82) is 0 Å². The Hall–Kier alpha value is -0.820. The van der Waals surface area contributed by atoms with Crippen molar-refractivity contribution in [2.45, 2.75) is 18.6 Å². The molecule has 1 aliphatic heterocycles. The Bertz CT molecular complexity index is 344. The number of carbonyl (C=O) groups excluding carboxylic acids is 2. The number of hydrogen-bond donors (Lipinski definition) is 2. The molecule has 0 aliphatic carbocycles. The minimum Gasteiger partial charge on any atom is -0.392 e. The molecule has 0 unspecified atom stereocenters. The van der Waals surface area contributed by atoms with Crippen LogP contribution in [0.15, 0.2) is 0 Å². The molecule has 0 radical (unpaired) electrons. The Labute approximate surface area is 110 Å². The molecule has 0 spiro atoms. The van der Waals surface area contributed by atoms with E-state index in [0.717, 1.165) is 5.75 Å². The summed E-state index contributed by atoms with van der Waals surface area (Å²) in [7, 11) is 0. The number of thiocarbonyl (C=S) groups is 1. The van der Waals surface area contributed by atoms with Crippen molar-refractivity contribution >= 4 is 40.8 Å². The SMILES string of the molecule is CC1(C)CN(C(=O)C(=O)NCC(N)=S)CCS1. The molecular weight excluding hydrogens is 258 g/mol. The summed E-state index contributed by atoms with van der Waals surface area (Å²) < 4.78 is -0.00262. The highest BCUT2D eigenvalue weighted by Gasteiger charge is 2.32. The summed E-state index contributed by atoms with van der Waals surface area (Å²) in [6.45, 7) is 5.37. The lowest BCUT2D eigenvalue weighted by Crippen LogP contribution is -2.51. The average Bonchev–Trinajstić information content (AvgIpc) is 2.23. The van der Waals surface area contributed by atoms with Crippen LogP contribution in [-0.4, -0.2) is 51.8 Å². The van der Waals surface area contributed by atoms with Gasteiger partial charge >= 0.3 is 11.8 Å². The lowest BCUT2D eigenvalue weighted by molar-refractivity contribution is -0.145. The molecule has 0 bridgehead atoms. The molecule has 1 heterocycles. The first-order valence-corrected chi connectivity index (χ1v) is 6.70. The van der Waals surface area contributed by atoms with Gasteiger partial charge in [-0.25, -0.2) is 0 Å². The zero-order valence-corrected chi connectivity index (χ0v) is 11.6. The fraction of sp³-hybridized carbons (Fsp3) is 0.700. The topological polar surface area (TPSA) is 75.4 Å². The van der Waals surface area contributed by atoms with Crippen LogP contribution in [0.3, 0.4) is 0 Å². The van der Waals surface area contributed by atoms with Crippen LogP contribution in [0.25, 0.3) is 0 Å². The summed E-state index contributed by atoms with van der Waals surface area (Å²) in [4.78, 5) is 25.1. The minimum absolute atomic E-state index is 0.00262. The van der Waals surface area contributed by atoms with E-state index >= 15 is 0 Å². The Morgan fingerprint density at radius 1 is 1.53 bits per heavy atom. The standard InChI is InChI=1S/C10H17N3O2S2/c1-10(2)6-13(3-4-17-10)9(15)8(14)12-5-7(11)16/h3-6H2,1-2H3,(H2,11,16)(H,12,14). The van der Waals surface area contributed by atoms with Crippen molar-refractivity contribution in [3.8, 4) is 0 Å². The number of rotatable bonds is 2. The number of nitrogens with one attached hydrogen (secondary N) is 1. The molecule has 17 heavy (non-hydrogen) atoms. The summed E-state index contributed by atoms with van der Waals surface area (Å²) >= 11 is 6.43. The van der Waals surface area contributed by atoms with Crippen molar-refractivity contribution in [1.82, 2.24) is 10.2 Å². The maximum atomic E-state index is 11.8. The highest BCUT2D eigenvalue weighted by atomic mass is 32.2. The normalized spacial score (nSPS) is 18.6. The molecule has 0 aromatic rings. The first-order chi connectivity index (χ1) is 7.82. The highest BCUT2D eigenvalue weighted by molar-refractivity contribution is 8.00. The molecule has 3 N–H and O–H groups in total. The van der Waals surface area contributed by atoms with Gasteiger partial charge in [0.15, 0.2) is 0 Å². The van der Waals surface area contributed by atoms with E-state index in [4.69, 9.17) is 5.73 Å². The number of nitrogens with two attached hydrogens (primary N) is 1. The van der Waals surface area contributed by atoms with E-state index in [0.29, 0.717) is 13.1 Å². The molecule has 1 rings (SSSR count). The Morgan fingerprint density at radius 3 is 2.71 bits per heavy atom. The predicted molar refractivity (Wildman–Crippen MR) is 72.9 cm³/mol. The van der Waals surface area contributed by atoms with E-state index in [1.807, 2.05) is 0 Å². The van der Waals surface area contributed by atoms with Gasteiger partial charge in [-0.05, 0) is 13.8 Å². The number of nitrogens with zero attached hydrogens (tertiary/aromatic N) is 1. The van der Waals surface area contributed by atoms with Crippen LogP contribution in [0.5, 0.6) is 0 Å². The van der Waals surface area contributed by atoms with Crippen molar-refractivity contribution < 1.29 is 9.59 Å². The van der Waals surface area contributed by atoms with Gasteiger partial charge < -0.3 is 16.0 Å². The first kappa shape index (κ1) is 14.2. The van der Waals surface area contributed by atoms with Gasteiger partial charge in [-0.1, -0.05) is 12.2 Å². The summed E-state index contributed by atoms with van der Waals surface area (Å²) in [6, 6.07) is 0. The van der Waals surface area contributed by atoms with E-state index in [2.05, 4.69) is 31.4 Å². The van der Waals surface area contributed by atoms with Gasteiger partial charge in [0.1, 0.15) is 0 Å². The second-order valence-electron chi connectivity index (χ2n) is 4.48. The fourth-order valence-electron chi connectivity index (χ4n) is 1.58. The zero-order valence-electron chi connectivity index (χ0n) is 9.99. The van der Waals surface area contributed by atoms with Crippen LogP contribution < -0.4 is 11.1 Å². The number of amides is 2. The summed E-state index contributed by atoms with van der Waals surface area (Å²) in [6.07, 6.45) is 0. The molecule has 1 aliphatic rings.